The van der Waals surface area contributed by atoms with Crippen LogP contribution in [0.2, 0.25) is 0 Å². The van der Waals surface area contributed by atoms with Crippen LogP contribution in [0.4, 0.5) is 5.69 Å². The van der Waals surface area contributed by atoms with Crippen molar-refractivity contribution in [1.82, 2.24) is 9.78 Å². The van der Waals surface area contributed by atoms with E-state index >= 15 is 0 Å². The molecule has 1 amide bonds. The Morgan fingerprint density at radius 2 is 2.16 bits per heavy atom. The number of nitrogens with zero attached hydrogens (tertiary/aromatic N) is 2. The van der Waals surface area contributed by atoms with Crippen LogP contribution in [-0.4, -0.2) is 21.7 Å². The Bertz CT molecular complexity index is 458. The molecule has 1 saturated carbocycles. The second kappa shape index (κ2) is 6.39. The van der Waals surface area contributed by atoms with Crippen molar-refractivity contribution in [1.29, 1.82) is 0 Å². The van der Waals surface area contributed by atoms with Crippen molar-refractivity contribution in [2.45, 2.75) is 45.6 Å². The highest BCUT2D eigenvalue weighted by Gasteiger charge is 2.26. The molecule has 0 radical (unpaired) electrons. The maximum atomic E-state index is 12.0. The van der Waals surface area contributed by atoms with Crippen molar-refractivity contribution in [3.63, 3.8) is 0 Å². The Kier molecular flexibility index (Phi) is 5.38. The first-order valence-electron chi connectivity index (χ1n) is 6.54. The second-order valence-corrected chi connectivity index (χ2v) is 5.28. The Morgan fingerprint density at radius 1 is 1.47 bits per heavy atom. The molecule has 108 valence electrons. The largest absolute Gasteiger partial charge is 0.327 e. The van der Waals surface area contributed by atoms with E-state index in [9.17, 15) is 4.79 Å². The van der Waals surface area contributed by atoms with Crippen LogP contribution >= 0.6 is 12.4 Å². The van der Waals surface area contributed by atoms with Gasteiger partial charge in [0.1, 0.15) is 0 Å². The second-order valence-electron chi connectivity index (χ2n) is 5.28. The van der Waals surface area contributed by atoms with Gasteiger partial charge in [0.15, 0.2) is 0 Å². The summed E-state index contributed by atoms with van der Waals surface area (Å²) >= 11 is 0. The van der Waals surface area contributed by atoms with Gasteiger partial charge >= 0.3 is 0 Å². The molecule has 1 aliphatic rings. The lowest BCUT2D eigenvalue weighted by atomic mass is 10.00. The smallest absolute Gasteiger partial charge is 0.224 e. The molecule has 19 heavy (non-hydrogen) atoms. The average molecular weight is 287 g/mol. The summed E-state index contributed by atoms with van der Waals surface area (Å²) in [5.74, 6) is 0.388. The van der Waals surface area contributed by atoms with E-state index in [1.54, 1.807) is 4.68 Å². The predicted molar refractivity (Wildman–Crippen MR) is 78.5 cm³/mol. The van der Waals surface area contributed by atoms with Crippen molar-refractivity contribution in [2.75, 3.05) is 5.32 Å². The summed E-state index contributed by atoms with van der Waals surface area (Å²) in [5.41, 5.74) is 8.67. The Morgan fingerprint density at radius 3 is 2.63 bits per heavy atom. The Labute approximate surface area is 120 Å². The molecule has 1 aromatic rings. The molecule has 1 heterocycles. The van der Waals surface area contributed by atoms with E-state index in [-0.39, 0.29) is 24.4 Å². The number of hydrogen-bond acceptors (Lipinski definition) is 3. The number of carbonyl (C=O) groups is 1. The van der Waals surface area contributed by atoms with Gasteiger partial charge in [-0.25, -0.2) is 0 Å². The number of aryl methyl sites for hydroxylation is 2. The van der Waals surface area contributed by atoms with Crippen LogP contribution in [0.3, 0.4) is 0 Å². The van der Waals surface area contributed by atoms with Crippen LogP contribution in [0.15, 0.2) is 0 Å². The van der Waals surface area contributed by atoms with E-state index in [4.69, 9.17) is 5.73 Å². The van der Waals surface area contributed by atoms with Crippen molar-refractivity contribution in [2.24, 2.45) is 18.7 Å². The molecule has 0 aromatic carbocycles. The fourth-order valence-corrected chi connectivity index (χ4v) is 2.70. The maximum Gasteiger partial charge on any atom is 0.224 e. The van der Waals surface area contributed by atoms with Gasteiger partial charge in [-0.15, -0.1) is 12.4 Å². The lowest BCUT2D eigenvalue weighted by Gasteiger charge is -2.14. The summed E-state index contributed by atoms with van der Waals surface area (Å²) < 4.78 is 1.78. The predicted octanol–water partition coefficient (Wildman–Crippen LogP) is 1.91. The molecular weight excluding hydrogens is 264 g/mol. The van der Waals surface area contributed by atoms with E-state index in [0.717, 1.165) is 36.3 Å². The van der Waals surface area contributed by atoms with Crippen molar-refractivity contribution >= 4 is 24.0 Å². The zero-order valence-corrected chi connectivity index (χ0v) is 12.6. The first kappa shape index (κ1) is 16.0. The van der Waals surface area contributed by atoms with Gasteiger partial charge in [-0.1, -0.05) is 6.42 Å². The van der Waals surface area contributed by atoms with Gasteiger partial charge in [0, 0.05) is 19.5 Å². The van der Waals surface area contributed by atoms with Gasteiger partial charge in [0.25, 0.3) is 0 Å². The lowest BCUT2D eigenvalue weighted by molar-refractivity contribution is -0.117. The van der Waals surface area contributed by atoms with Gasteiger partial charge in [-0.2, -0.15) is 5.10 Å². The summed E-state index contributed by atoms with van der Waals surface area (Å²) in [6.45, 7) is 3.86. The average Bonchev–Trinajstić information content (AvgIpc) is 2.79. The van der Waals surface area contributed by atoms with Gasteiger partial charge in [0.05, 0.1) is 17.1 Å². The molecule has 2 rings (SSSR count). The van der Waals surface area contributed by atoms with E-state index in [1.807, 2.05) is 20.9 Å². The number of halogens is 1. The van der Waals surface area contributed by atoms with Crippen LogP contribution in [0.25, 0.3) is 0 Å². The summed E-state index contributed by atoms with van der Waals surface area (Å²) in [6, 6.07) is 0.187. The van der Waals surface area contributed by atoms with Crippen LogP contribution in [-0.2, 0) is 11.8 Å². The van der Waals surface area contributed by atoms with Crippen molar-refractivity contribution in [3.05, 3.63) is 11.4 Å². The van der Waals surface area contributed by atoms with E-state index in [0.29, 0.717) is 12.3 Å². The molecule has 0 aliphatic heterocycles. The maximum absolute atomic E-state index is 12.0. The first-order chi connectivity index (χ1) is 8.49. The summed E-state index contributed by atoms with van der Waals surface area (Å²) in [4.78, 5) is 12.0. The fourth-order valence-electron chi connectivity index (χ4n) is 2.70. The normalized spacial score (nSPS) is 22.1. The molecule has 0 spiro atoms. The molecule has 1 fully saturated rings. The Hall–Kier alpha value is -1.07. The van der Waals surface area contributed by atoms with E-state index in [2.05, 4.69) is 10.4 Å². The third kappa shape index (κ3) is 3.48. The fraction of sp³-hybridized carbons (Fsp3) is 0.692. The van der Waals surface area contributed by atoms with Crippen LogP contribution < -0.4 is 11.1 Å². The molecule has 0 bridgehead atoms. The molecule has 1 aromatic heterocycles. The van der Waals surface area contributed by atoms with E-state index in [1.165, 1.54) is 0 Å². The summed E-state index contributed by atoms with van der Waals surface area (Å²) in [7, 11) is 1.88. The van der Waals surface area contributed by atoms with Gasteiger partial charge in [0.2, 0.25) is 5.91 Å². The van der Waals surface area contributed by atoms with E-state index < -0.39 is 0 Å². The number of anilines is 1. The SMILES string of the molecule is Cc1nn(C)c(C)c1NC(=O)C[C@@H]1CCC[C@H]1N.Cl. The molecule has 2 atom stereocenters. The number of nitrogens with one attached hydrogen (secondary N) is 1. The van der Waals surface area contributed by atoms with Gasteiger partial charge < -0.3 is 11.1 Å². The highest BCUT2D eigenvalue weighted by atomic mass is 35.5. The highest BCUT2D eigenvalue weighted by molar-refractivity contribution is 5.92. The number of aromatic nitrogens is 2. The van der Waals surface area contributed by atoms with Crippen LogP contribution in [0, 0.1) is 19.8 Å². The van der Waals surface area contributed by atoms with Crippen molar-refractivity contribution in [3.8, 4) is 0 Å². The van der Waals surface area contributed by atoms with Crippen molar-refractivity contribution < 1.29 is 4.79 Å². The number of carbonyl (C=O) groups excluding carboxylic acids is 1. The number of rotatable bonds is 3. The summed E-state index contributed by atoms with van der Waals surface area (Å²) in [5, 5.41) is 7.26. The number of amides is 1. The Balaban J connectivity index is 0.00000180. The zero-order valence-electron chi connectivity index (χ0n) is 11.8. The van der Waals surface area contributed by atoms with Crippen LogP contribution in [0.1, 0.15) is 37.1 Å². The third-order valence-electron chi connectivity index (χ3n) is 3.94. The highest BCUT2D eigenvalue weighted by Crippen LogP contribution is 2.27. The third-order valence-corrected chi connectivity index (χ3v) is 3.94. The molecule has 0 unspecified atom stereocenters. The monoisotopic (exact) mass is 286 g/mol. The zero-order chi connectivity index (χ0) is 13.3. The molecule has 3 N–H and O–H groups in total. The topological polar surface area (TPSA) is 72.9 Å². The summed E-state index contributed by atoms with van der Waals surface area (Å²) in [6.07, 6.45) is 3.78. The molecular formula is C13H23ClN4O. The molecule has 5 nitrogen and oxygen atoms in total. The molecule has 6 heteroatoms. The standard InChI is InChI=1S/C13H22N4O.ClH/c1-8-13(9(2)17(3)16-8)15-12(18)7-10-5-4-6-11(10)14;/h10-11H,4-7,14H2,1-3H3,(H,15,18);1H/t10-,11+;/m0./s1. The molecule has 0 saturated heterocycles. The van der Waals surface area contributed by atoms with Crippen LogP contribution in [0.5, 0.6) is 0 Å². The minimum atomic E-state index is 0. The lowest BCUT2D eigenvalue weighted by Crippen LogP contribution is -2.28. The van der Waals surface area contributed by atoms with Gasteiger partial charge in [-0.3, -0.25) is 9.48 Å². The minimum absolute atomic E-state index is 0. The minimum Gasteiger partial charge on any atom is -0.327 e. The quantitative estimate of drug-likeness (QED) is 0.891. The first-order valence-corrected chi connectivity index (χ1v) is 6.54. The number of nitrogens with two attached hydrogens (primary N) is 1. The number of hydrogen-bond donors (Lipinski definition) is 2. The molecule has 1 aliphatic carbocycles. The van der Waals surface area contributed by atoms with Gasteiger partial charge in [-0.05, 0) is 32.6 Å².